The number of nitrogens with one attached hydrogen (secondary N) is 1. The van der Waals surface area contributed by atoms with Gasteiger partial charge in [-0.1, -0.05) is 12.1 Å². The number of rotatable bonds is 7. The highest BCUT2D eigenvalue weighted by Gasteiger charge is 2.32. The molecule has 0 amide bonds. The molecule has 0 spiro atoms. The number of hydrogen-bond acceptors (Lipinski definition) is 5. The van der Waals surface area contributed by atoms with Gasteiger partial charge in [0.05, 0.1) is 17.6 Å². The van der Waals surface area contributed by atoms with Crippen molar-refractivity contribution >= 4 is 5.69 Å². The lowest BCUT2D eigenvalue weighted by Gasteiger charge is -2.23. The van der Waals surface area contributed by atoms with Gasteiger partial charge in [-0.2, -0.15) is 5.26 Å². The Morgan fingerprint density at radius 3 is 2.85 bits per heavy atom. The zero-order chi connectivity index (χ0) is 14.6. The molecular weight excluding hydrogens is 258 g/mol. The third kappa shape index (κ3) is 3.68. The molecule has 20 heavy (non-hydrogen) atoms. The molecule has 1 aromatic rings. The van der Waals surface area contributed by atoms with Crippen molar-refractivity contribution in [3.05, 3.63) is 34.4 Å². The van der Waals surface area contributed by atoms with Gasteiger partial charge in [-0.3, -0.25) is 15.4 Å². The van der Waals surface area contributed by atoms with E-state index in [1.807, 2.05) is 6.92 Å². The fourth-order valence-electron chi connectivity index (χ4n) is 1.93. The Morgan fingerprint density at radius 2 is 2.25 bits per heavy atom. The van der Waals surface area contributed by atoms with Gasteiger partial charge in [0.25, 0.3) is 0 Å². The van der Waals surface area contributed by atoms with Gasteiger partial charge in [-0.25, -0.2) is 0 Å². The number of ether oxygens (including phenoxy) is 1. The van der Waals surface area contributed by atoms with Gasteiger partial charge in [0, 0.05) is 18.5 Å². The highest BCUT2D eigenvalue weighted by molar-refractivity contribution is 5.45. The number of hydrogen-bond donors (Lipinski definition) is 1. The molecule has 2 rings (SSSR count). The first-order chi connectivity index (χ1) is 9.54. The molecule has 1 fully saturated rings. The van der Waals surface area contributed by atoms with Crippen molar-refractivity contribution in [1.29, 1.82) is 5.26 Å². The summed E-state index contributed by atoms with van der Waals surface area (Å²) in [6.45, 7) is 2.09. The summed E-state index contributed by atoms with van der Waals surface area (Å²) in [6, 6.07) is 8.93. The van der Waals surface area contributed by atoms with E-state index in [-0.39, 0.29) is 18.0 Å². The van der Waals surface area contributed by atoms with Crippen LogP contribution in [0.1, 0.15) is 26.2 Å². The van der Waals surface area contributed by atoms with Gasteiger partial charge < -0.3 is 4.74 Å². The Labute approximate surface area is 117 Å². The predicted octanol–water partition coefficient (Wildman–Crippen LogP) is 2.40. The van der Waals surface area contributed by atoms with E-state index in [0.717, 1.165) is 12.8 Å². The first-order valence-electron chi connectivity index (χ1n) is 6.59. The summed E-state index contributed by atoms with van der Waals surface area (Å²) < 4.78 is 5.47. The Bertz CT molecular complexity index is 537. The maximum atomic E-state index is 10.9. The number of nitro groups is 1. The van der Waals surface area contributed by atoms with E-state index < -0.39 is 10.5 Å². The summed E-state index contributed by atoms with van der Waals surface area (Å²) in [5, 5.41) is 23.3. The molecule has 0 bridgehead atoms. The monoisotopic (exact) mass is 275 g/mol. The van der Waals surface area contributed by atoms with Crippen LogP contribution in [0.15, 0.2) is 24.3 Å². The molecule has 6 nitrogen and oxygen atoms in total. The van der Waals surface area contributed by atoms with Crippen LogP contribution in [0, 0.1) is 21.4 Å². The highest BCUT2D eigenvalue weighted by Crippen LogP contribution is 2.27. The Morgan fingerprint density at radius 1 is 1.55 bits per heavy atom. The summed E-state index contributed by atoms with van der Waals surface area (Å²) in [5.74, 6) is 0.240. The summed E-state index contributed by atoms with van der Waals surface area (Å²) >= 11 is 0. The van der Waals surface area contributed by atoms with Crippen LogP contribution in [0.4, 0.5) is 5.69 Å². The molecule has 0 radical (unpaired) electrons. The summed E-state index contributed by atoms with van der Waals surface area (Å²) in [7, 11) is 0. The zero-order valence-electron chi connectivity index (χ0n) is 11.3. The minimum atomic E-state index is -0.648. The first kappa shape index (κ1) is 14.3. The molecule has 0 aromatic heterocycles. The van der Waals surface area contributed by atoms with E-state index in [0.29, 0.717) is 12.5 Å². The summed E-state index contributed by atoms with van der Waals surface area (Å²) in [4.78, 5) is 10.4. The van der Waals surface area contributed by atoms with Gasteiger partial charge in [-0.15, -0.1) is 0 Å². The van der Waals surface area contributed by atoms with Gasteiger partial charge in [-0.05, 0) is 25.8 Å². The normalized spacial score (nSPS) is 17.0. The van der Waals surface area contributed by atoms with Crippen molar-refractivity contribution in [2.45, 2.75) is 37.8 Å². The third-order valence-electron chi connectivity index (χ3n) is 3.27. The topological polar surface area (TPSA) is 88.2 Å². The minimum absolute atomic E-state index is 0.0543. The highest BCUT2D eigenvalue weighted by atomic mass is 16.6. The molecule has 1 aliphatic rings. The van der Waals surface area contributed by atoms with Crippen molar-refractivity contribution < 1.29 is 9.66 Å². The van der Waals surface area contributed by atoms with Crippen molar-refractivity contribution in [2.75, 3.05) is 6.61 Å². The molecule has 1 aromatic carbocycles. The van der Waals surface area contributed by atoms with E-state index in [1.165, 1.54) is 6.07 Å². The van der Waals surface area contributed by atoms with Crippen LogP contribution in [0.3, 0.4) is 0 Å². The molecule has 6 heteroatoms. The van der Waals surface area contributed by atoms with Crippen LogP contribution >= 0.6 is 0 Å². The lowest BCUT2D eigenvalue weighted by atomic mass is 10.0. The van der Waals surface area contributed by atoms with E-state index in [4.69, 9.17) is 4.74 Å². The van der Waals surface area contributed by atoms with Crippen molar-refractivity contribution in [3.8, 4) is 11.8 Å². The second-order valence-electron chi connectivity index (χ2n) is 5.19. The van der Waals surface area contributed by atoms with E-state index >= 15 is 0 Å². The molecule has 1 N–H and O–H groups in total. The fraction of sp³-hybridized carbons (Fsp3) is 0.500. The molecule has 0 aliphatic heterocycles. The molecular formula is C14H17N3O3. The van der Waals surface area contributed by atoms with Crippen molar-refractivity contribution in [2.24, 2.45) is 0 Å². The Hall–Kier alpha value is -2.13. The average molecular weight is 275 g/mol. The Balaban J connectivity index is 1.92. The van der Waals surface area contributed by atoms with E-state index in [2.05, 4.69) is 11.4 Å². The molecule has 0 heterocycles. The zero-order valence-corrected chi connectivity index (χ0v) is 11.3. The molecule has 1 unspecified atom stereocenters. The maximum Gasteiger partial charge on any atom is 0.310 e. The number of para-hydroxylation sites is 2. The summed E-state index contributed by atoms with van der Waals surface area (Å²) in [5.41, 5.74) is -0.702. The van der Waals surface area contributed by atoms with Gasteiger partial charge >= 0.3 is 5.69 Å². The predicted molar refractivity (Wildman–Crippen MR) is 73.4 cm³/mol. The quantitative estimate of drug-likeness (QED) is 0.609. The average Bonchev–Trinajstić information content (AvgIpc) is 3.23. The van der Waals surface area contributed by atoms with E-state index in [1.54, 1.807) is 18.2 Å². The second-order valence-corrected chi connectivity index (χ2v) is 5.19. The van der Waals surface area contributed by atoms with Crippen molar-refractivity contribution in [3.63, 3.8) is 0 Å². The van der Waals surface area contributed by atoms with E-state index in [9.17, 15) is 15.4 Å². The van der Waals surface area contributed by atoms with Crippen LogP contribution in [0.2, 0.25) is 0 Å². The van der Waals surface area contributed by atoms with Crippen LogP contribution in [-0.2, 0) is 0 Å². The molecule has 106 valence electrons. The van der Waals surface area contributed by atoms with Crippen LogP contribution in [0.5, 0.6) is 5.75 Å². The largest absolute Gasteiger partial charge is 0.487 e. The number of nitrogens with zero attached hydrogens (tertiary/aromatic N) is 2. The first-order valence-corrected chi connectivity index (χ1v) is 6.59. The minimum Gasteiger partial charge on any atom is -0.487 e. The number of nitro benzene ring substituents is 1. The molecule has 0 saturated heterocycles. The molecule has 1 aliphatic carbocycles. The lowest BCUT2D eigenvalue weighted by Crippen LogP contribution is -2.43. The van der Waals surface area contributed by atoms with Gasteiger partial charge in [0.2, 0.25) is 0 Å². The fourth-order valence-corrected chi connectivity index (χ4v) is 1.93. The SMILES string of the molecule is CC(C#N)(CCOc1ccccc1[N+](=O)[O-])NC1CC1. The van der Waals surface area contributed by atoms with Crippen LogP contribution < -0.4 is 10.1 Å². The second kappa shape index (κ2) is 5.88. The third-order valence-corrected chi connectivity index (χ3v) is 3.27. The van der Waals surface area contributed by atoms with Crippen molar-refractivity contribution in [1.82, 2.24) is 5.32 Å². The smallest absolute Gasteiger partial charge is 0.310 e. The molecule has 1 atom stereocenters. The van der Waals surface area contributed by atoms with Gasteiger partial charge in [0.15, 0.2) is 5.75 Å². The molecule has 1 saturated carbocycles. The standard InChI is InChI=1S/C14H17N3O3/c1-14(10-15,16-11-6-7-11)8-9-20-13-5-3-2-4-12(13)17(18)19/h2-5,11,16H,6-9H2,1H3. The summed E-state index contributed by atoms with van der Waals surface area (Å²) in [6.07, 6.45) is 2.68. The lowest BCUT2D eigenvalue weighted by molar-refractivity contribution is -0.385. The Kier molecular flexibility index (Phi) is 4.20. The number of nitriles is 1. The van der Waals surface area contributed by atoms with Crippen LogP contribution in [0.25, 0.3) is 0 Å². The maximum absolute atomic E-state index is 10.9. The van der Waals surface area contributed by atoms with Crippen LogP contribution in [-0.4, -0.2) is 23.1 Å². The van der Waals surface area contributed by atoms with Gasteiger partial charge in [0.1, 0.15) is 5.54 Å². The number of benzene rings is 1.